The van der Waals surface area contributed by atoms with Crippen LogP contribution in [-0.4, -0.2) is 46.7 Å². The van der Waals surface area contributed by atoms with Crippen molar-refractivity contribution >= 4 is 23.2 Å². The van der Waals surface area contributed by atoms with E-state index in [-0.39, 0.29) is 24.1 Å². The van der Waals surface area contributed by atoms with Gasteiger partial charge in [-0.15, -0.1) is 0 Å². The van der Waals surface area contributed by atoms with Gasteiger partial charge in [0.1, 0.15) is 5.69 Å². The second-order valence-electron chi connectivity index (χ2n) is 7.31. The highest BCUT2D eigenvalue weighted by atomic mass is 16.5. The van der Waals surface area contributed by atoms with Crippen molar-refractivity contribution in [3.05, 3.63) is 77.9 Å². The number of hydrogen-bond donors (Lipinski definition) is 1. The van der Waals surface area contributed by atoms with E-state index in [1.54, 1.807) is 20.3 Å². The van der Waals surface area contributed by atoms with Crippen molar-refractivity contribution in [2.75, 3.05) is 19.5 Å². The van der Waals surface area contributed by atoms with E-state index in [0.29, 0.717) is 30.0 Å². The van der Waals surface area contributed by atoms with Crippen molar-refractivity contribution in [1.29, 1.82) is 0 Å². The van der Waals surface area contributed by atoms with Gasteiger partial charge in [0.05, 0.1) is 32.7 Å². The molecule has 2 amide bonds. The minimum atomic E-state index is -0.358. The molecule has 33 heavy (non-hydrogen) atoms. The molecule has 1 aromatic heterocycles. The third-order valence-corrected chi connectivity index (χ3v) is 5.13. The SMILES string of the molecule is COc1ccc(C2=NN(Cc3cccc(NC(=O)c4cnccn4)c3)C(=O)CC2)cc1OC. The summed E-state index contributed by atoms with van der Waals surface area (Å²) >= 11 is 0. The summed E-state index contributed by atoms with van der Waals surface area (Å²) in [5, 5.41) is 8.85. The van der Waals surface area contributed by atoms with Crippen LogP contribution in [0.5, 0.6) is 11.5 Å². The van der Waals surface area contributed by atoms with Crippen LogP contribution in [-0.2, 0) is 11.3 Å². The van der Waals surface area contributed by atoms with Crippen LogP contribution >= 0.6 is 0 Å². The lowest BCUT2D eigenvalue weighted by atomic mass is 10.0. The Morgan fingerprint density at radius 3 is 2.67 bits per heavy atom. The molecule has 0 atom stereocenters. The number of nitrogens with one attached hydrogen (secondary N) is 1. The summed E-state index contributed by atoms with van der Waals surface area (Å²) in [6.45, 7) is 0.282. The van der Waals surface area contributed by atoms with Crippen molar-refractivity contribution in [1.82, 2.24) is 15.0 Å². The molecule has 0 saturated heterocycles. The molecule has 2 aromatic carbocycles. The first-order valence-electron chi connectivity index (χ1n) is 10.3. The molecule has 2 heterocycles. The third kappa shape index (κ3) is 5.15. The van der Waals surface area contributed by atoms with Gasteiger partial charge < -0.3 is 14.8 Å². The zero-order valence-corrected chi connectivity index (χ0v) is 18.3. The van der Waals surface area contributed by atoms with Crippen LogP contribution in [0.15, 0.2) is 66.2 Å². The fraction of sp³-hybridized carbons (Fsp3) is 0.208. The van der Waals surface area contributed by atoms with E-state index in [2.05, 4.69) is 20.4 Å². The average Bonchev–Trinajstić information content (AvgIpc) is 2.85. The standard InChI is InChI=1S/C24H23N5O4/c1-32-21-8-6-17(13-22(21)33-2)19-7-9-23(30)29(28-19)15-16-4-3-5-18(12-16)27-24(31)20-14-25-10-11-26-20/h3-6,8,10-14H,7,9,15H2,1-2H3,(H,27,31). The number of benzene rings is 2. The number of amides is 2. The second kappa shape index (κ2) is 9.90. The summed E-state index contributed by atoms with van der Waals surface area (Å²) in [5.41, 5.74) is 3.31. The fourth-order valence-electron chi connectivity index (χ4n) is 3.48. The Bertz CT molecular complexity index is 1200. The Kier molecular flexibility index (Phi) is 6.58. The molecule has 0 saturated carbocycles. The summed E-state index contributed by atoms with van der Waals surface area (Å²) in [6.07, 6.45) is 5.26. The predicted octanol–water partition coefficient (Wildman–Crippen LogP) is 3.27. The molecule has 168 valence electrons. The topological polar surface area (TPSA) is 106 Å². The maximum absolute atomic E-state index is 12.5. The maximum atomic E-state index is 12.5. The van der Waals surface area contributed by atoms with Gasteiger partial charge in [-0.25, -0.2) is 9.99 Å². The van der Waals surface area contributed by atoms with Crippen molar-refractivity contribution in [2.24, 2.45) is 5.10 Å². The van der Waals surface area contributed by atoms with E-state index in [0.717, 1.165) is 16.8 Å². The smallest absolute Gasteiger partial charge is 0.275 e. The number of rotatable bonds is 7. The molecule has 9 heteroatoms. The monoisotopic (exact) mass is 445 g/mol. The number of anilines is 1. The Balaban J connectivity index is 1.51. The number of carbonyl (C=O) groups is 2. The molecular formula is C24H23N5O4. The summed E-state index contributed by atoms with van der Waals surface area (Å²) < 4.78 is 10.7. The lowest BCUT2D eigenvalue weighted by molar-refractivity contribution is -0.132. The molecule has 3 aromatic rings. The normalized spacial score (nSPS) is 13.3. The van der Waals surface area contributed by atoms with E-state index in [9.17, 15) is 9.59 Å². The summed E-state index contributed by atoms with van der Waals surface area (Å²) in [6, 6.07) is 12.8. The number of ether oxygens (including phenoxy) is 2. The second-order valence-corrected chi connectivity index (χ2v) is 7.31. The molecule has 0 radical (unpaired) electrons. The molecule has 0 fully saturated rings. The van der Waals surface area contributed by atoms with Crippen LogP contribution in [0.3, 0.4) is 0 Å². The molecule has 1 aliphatic rings. The van der Waals surface area contributed by atoms with Crippen LogP contribution in [0.4, 0.5) is 5.69 Å². The lowest BCUT2D eigenvalue weighted by Gasteiger charge is -2.24. The fourth-order valence-corrected chi connectivity index (χ4v) is 3.48. The van der Waals surface area contributed by atoms with Gasteiger partial charge in [-0.3, -0.25) is 14.6 Å². The highest BCUT2D eigenvalue weighted by molar-refractivity contribution is 6.04. The Morgan fingerprint density at radius 2 is 1.91 bits per heavy atom. The molecule has 0 bridgehead atoms. The first-order chi connectivity index (χ1) is 16.1. The number of carbonyl (C=O) groups excluding carboxylic acids is 2. The number of methoxy groups -OCH3 is 2. The van der Waals surface area contributed by atoms with E-state index >= 15 is 0 Å². The lowest BCUT2D eigenvalue weighted by Crippen LogP contribution is -2.31. The zero-order chi connectivity index (χ0) is 23.2. The van der Waals surface area contributed by atoms with Crippen molar-refractivity contribution < 1.29 is 19.1 Å². The molecule has 4 rings (SSSR count). The summed E-state index contributed by atoms with van der Waals surface area (Å²) in [5.74, 6) is 0.815. The minimum absolute atomic E-state index is 0.0618. The highest BCUT2D eigenvalue weighted by Crippen LogP contribution is 2.29. The molecule has 1 aliphatic heterocycles. The van der Waals surface area contributed by atoms with Crippen LogP contribution < -0.4 is 14.8 Å². The molecule has 0 unspecified atom stereocenters. The van der Waals surface area contributed by atoms with E-state index < -0.39 is 0 Å². The molecule has 0 spiro atoms. The zero-order valence-electron chi connectivity index (χ0n) is 18.3. The van der Waals surface area contributed by atoms with Crippen molar-refractivity contribution in [3.8, 4) is 11.5 Å². The van der Waals surface area contributed by atoms with Gasteiger partial charge >= 0.3 is 0 Å². The Hall–Kier alpha value is -4.27. The van der Waals surface area contributed by atoms with Crippen molar-refractivity contribution in [3.63, 3.8) is 0 Å². The van der Waals surface area contributed by atoms with Gasteiger partial charge in [-0.05, 0) is 35.9 Å². The quantitative estimate of drug-likeness (QED) is 0.598. The maximum Gasteiger partial charge on any atom is 0.275 e. The van der Waals surface area contributed by atoms with Gasteiger partial charge in [-0.1, -0.05) is 12.1 Å². The number of aromatic nitrogens is 2. The number of hydrogen-bond acceptors (Lipinski definition) is 7. The third-order valence-electron chi connectivity index (χ3n) is 5.13. The summed E-state index contributed by atoms with van der Waals surface area (Å²) in [4.78, 5) is 32.8. The first kappa shape index (κ1) is 21.9. The predicted molar refractivity (Wildman–Crippen MR) is 122 cm³/mol. The van der Waals surface area contributed by atoms with Crippen LogP contribution in [0, 0.1) is 0 Å². The molecule has 1 N–H and O–H groups in total. The van der Waals surface area contributed by atoms with E-state index in [4.69, 9.17) is 9.47 Å². The molecule has 9 nitrogen and oxygen atoms in total. The van der Waals surface area contributed by atoms with Gasteiger partial charge in [0, 0.05) is 36.5 Å². The Labute approximate surface area is 191 Å². The molecule has 0 aliphatic carbocycles. The number of hydrazone groups is 1. The van der Waals surface area contributed by atoms with E-state index in [1.807, 2.05) is 36.4 Å². The molecular weight excluding hydrogens is 422 g/mol. The summed E-state index contributed by atoms with van der Waals surface area (Å²) in [7, 11) is 3.16. The van der Waals surface area contributed by atoms with Crippen LogP contribution in [0.2, 0.25) is 0 Å². The minimum Gasteiger partial charge on any atom is -0.493 e. The highest BCUT2D eigenvalue weighted by Gasteiger charge is 2.22. The van der Waals surface area contributed by atoms with E-state index in [1.165, 1.54) is 23.6 Å². The van der Waals surface area contributed by atoms with Crippen LogP contribution in [0.25, 0.3) is 0 Å². The largest absolute Gasteiger partial charge is 0.493 e. The van der Waals surface area contributed by atoms with Gasteiger partial charge in [-0.2, -0.15) is 5.10 Å². The Morgan fingerprint density at radius 1 is 1.06 bits per heavy atom. The van der Waals surface area contributed by atoms with Gasteiger partial charge in [0.25, 0.3) is 5.91 Å². The van der Waals surface area contributed by atoms with Gasteiger partial charge in [0.2, 0.25) is 5.91 Å². The van der Waals surface area contributed by atoms with Crippen molar-refractivity contribution in [2.45, 2.75) is 19.4 Å². The average molecular weight is 445 g/mol. The van der Waals surface area contributed by atoms with Crippen LogP contribution in [0.1, 0.15) is 34.5 Å². The first-order valence-corrected chi connectivity index (χ1v) is 10.3. The number of nitrogens with zero attached hydrogens (tertiary/aromatic N) is 4. The van der Waals surface area contributed by atoms with Gasteiger partial charge in [0.15, 0.2) is 11.5 Å².